The van der Waals surface area contributed by atoms with Gasteiger partial charge in [0, 0.05) is 22.2 Å². The summed E-state index contributed by atoms with van der Waals surface area (Å²) in [7, 11) is 0. The Kier molecular flexibility index (Phi) is 5.73. The van der Waals surface area contributed by atoms with E-state index in [9.17, 15) is 4.79 Å². The van der Waals surface area contributed by atoms with Gasteiger partial charge in [0.15, 0.2) is 10.9 Å². The summed E-state index contributed by atoms with van der Waals surface area (Å²) < 4.78 is 5.95. The molecule has 0 aliphatic carbocycles. The van der Waals surface area contributed by atoms with Gasteiger partial charge in [-0.25, -0.2) is 4.98 Å². The molecule has 0 bridgehead atoms. The van der Waals surface area contributed by atoms with Gasteiger partial charge in [-0.15, -0.1) is 11.3 Å². The number of rotatable bonds is 7. The molecule has 0 spiro atoms. The lowest BCUT2D eigenvalue weighted by Crippen LogP contribution is -2.25. The number of anilines is 2. The molecule has 0 radical (unpaired) electrons. The maximum Gasteiger partial charge on any atom is 0.193 e. The molecular formula is C22H24N2O2S. The normalized spacial score (nSPS) is 11.6. The lowest BCUT2D eigenvalue weighted by molar-refractivity contribution is -0.0623. The van der Waals surface area contributed by atoms with Gasteiger partial charge in [0.1, 0.15) is 5.60 Å². The van der Waals surface area contributed by atoms with E-state index in [4.69, 9.17) is 4.74 Å². The van der Waals surface area contributed by atoms with E-state index in [0.29, 0.717) is 11.1 Å². The molecule has 0 fully saturated rings. The highest BCUT2D eigenvalue weighted by Gasteiger charge is 2.25. The van der Waals surface area contributed by atoms with Crippen LogP contribution in [0.2, 0.25) is 0 Å². The van der Waals surface area contributed by atoms with E-state index < -0.39 is 5.60 Å². The number of aromatic nitrogens is 1. The van der Waals surface area contributed by atoms with Crippen LogP contribution in [0.5, 0.6) is 0 Å². The van der Waals surface area contributed by atoms with Gasteiger partial charge in [0.05, 0.1) is 11.8 Å². The van der Waals surface area contributed by atoms with Crippen molar-refractivity contribution >= 4 is 27.9 Å². The van der Waals surface area contributed by atoms with Gasteiger partial charge in [0.2, 0.25) is 0 Å². The molecule has 3 aromatic rings. The monoisotopic (exact) mass is 380 g/mol. The van der Waals surface area contributed by atoms with Crippen molar-refractivity contribution < 1.29 is 9.53 Å². The maximum absolute atomic E-state index is 12.5. The molecule has 0 aliphatic rings. The second-order valence-corrected chi connectivity index (χ2v) is 7.97. The van der Waals surface area contributed by atoms with E-state index in [2.05, 4.69) is 10.3 Å². The van der Waals surface area contributed by atoms with Gasteiger partial charge < -0.3 is 10.1 Å². The van der Waals surface area contributed by atoms with Crippen molar-refractivity contribution in [2.45, 2.75) is 39.4 Å². The van der Waals surface area contributed by atoms with Crippen LogP contribution in [0.1, 0.15) is 49.3 Å². The third-order valence-electron chi connectivity index (χ3n) is 4.09. The zero-order valence-corrected chi connectivity index (χ0v) is 16.8. The second kappa shape index (κ2) is 8.03. The number of nitrogens with zero attached hydrogens (tertiary/aromatic N) is 1. The summed E-state index contributed by atoms with van der Waals surface area (Å²) in [5.74, 6) is 0.0197. The lowest BCUT2D eigenvalue weighted by Gasteiger charge is -2.25. The van der Waals surface area contributed by atoms with E-state index >= 15 is 0 Å². The molecule has 1 heterocycles. The lowest BCUT2D eigenvalue weighted by atomic mass is 10.0. The van der Waals surface area contributed by atoms with Gasteiger partial charge >= 0.3 is 0 Å². The molecule has 1 aromatic heterocycles. The van der Waals surface area contributed by atoms with Crippen LogP contribution in [0, 0.1) is 0 Å². The minimum absolute atomic E-state index is 0.0197. The third-order valence-corrected chi connectivity index (χ3v) is 4.84. The van der Waals surface area contributed by atoms with Gasteiger partial charge in [-0.1, -0.05) is 30.3 Å². The molecule has 0 amide bonds. The quantitative estimate of drug-likeness (QED) is 0.528. The van der Waals surface area contributed by atoms with E-state index in [1.165, 1.54) is 11.3 Å². The summed E-state index contributed by atoms with van der Waals surface area (Å²) in [6.07, 6.45) is 0.132. The summed E-state index contributed by atoms with van der Waals surface area (Å²) in [5.41, 5.74) is 2.71. The fraction of sp³-hybridized carbons (Fsp3) is 0.273. The van der Waals surface area contributed by atoms with Crippen molar-refractivity contribution in [2.75, 3.05) is 5.32 Å². The molecule has 5 heteroatoms. The molecule has 2 aromatic carbocycles. The van der Waals surface area contributed by atoms with Crippen molar-refractivity contribution in [3.05, 3.63) is 76.8 Å². The topological polar surface area (TPSA) is 51.2 Å². The Hall–Kier alpha value is -2.50. The van der Waals surface area contributed by atoms with Crippen molar-refractivity contribution in [3.63, 3.8) is 0 Å². The van der Waals surface area contributed by atoms with Crippen molar-refractivity contribution in [1.29, 1.82) is 0 Å². The van der Waals surface area contributed by atoms with E-state index in [-0.39, 0.29) is 11.9 Å². The number of hydrogen-bond donors (Lipinski definition) is 1. The molecule has 1 N–H and O–H groups in total. The average Bonchev–Trinajstić information content (AvgIpc) is 3.11. The van der Waals surface area contributed by atoms with Crippen LogP contribution in [0.15, 0.2) is 60.0 Å². The fourth-order valence-corrected chi connectivity index (χ4v) is 3.73. The first-order valence-electron chi connectivity index (χ1n) is 8.96. The highest BCUT2D eigenvalue weighted by atomic mass is 32.1. The molecule has 0 saturated carbocycles. The first-order valence-corrected chi connectivity index (χ1v) is 9.84. The van der Waals surface area contributed by atoms with Gasteiger partial charge in [-0.3, -0.25) is 4.79 Å². The Labute approximate surface area is 164 Å². The molecule has 3 rings (SSSR count). The van der Waals surface area contributed by atoms with Crippen LogP contribution in [0.3, 0.4) is 0 Å². The molecule has 140 valence electrons. The van der Waals surface area contributed by atoms with E-state index in [1.54, 1.807) is 0 Å². The SMILES string of the molecule is CC(C)OC(C)(C)c1csc(Nc2ccc(C(=O)c3ccccc3)cc2)n1. The molecular weight excluding hydrogens is 356 g/mol. The Morgan fingerprint density at radius 2 is 1.67 bits per heavy atom. The largest absolute Gasteiger partial charge is 0.367 e. The summed E-state index contributed by atoms with van der Waals surface area (Å²) in [6.45, 7) is 8.09. The number of hydrogen-bond acceptors (Lipinski definition) is 5. The van der Waals surface area contributed by atoms with Gasteiger partial charge in [-0.05, 0) is 52.0 Å². The number of thiazole rings is 1. The Balaban J connectivity index is 1.70. The molecule has 0 aliphatic heterocycles. The second-order valence-electron chi connectivity index (χ2n) is 7.11. The minimum atomic E-state index is -0.434. The van der Waals surface area contributed by atoms with Crippen molar-refractivity contribution in [1.82, 2.24) is 4.98 Å². The minimum Gasteiger partial charge on any atom is -0.367 e. The van der Waals surface area contributed by atoms with Crippen LogP contribution >= 0.6 is 11.3 Å². The first kappa shape index (κ1) is 19.3. The van der Waals surface area contributed by atoms with Crippen molar-refractivity contribution in [3.8, 4) is 0 Å². The number of nitrogens with one attached hydrogen (secondary N) is 1. The number of carbonyl (C=O) groups excluding carboxylic acids is 1. The van der Waals surface area contributed by atoms with Crippen LogP contribution in [-0.2, 0) is 10.3 Å². The van der Waals surface area contributed by atoms with Gasteiger partial charge in [0.25, 0.3) is 0 Å². The predicted octanol–water partition coefficient (Wildman–Crippen LogP) is 5.78. The van der Waals surface area contributed by atoms with Gasteiger partial charge in [-0.2, -0.15) is 0 Å². The first-order chi connectivity index (χ1) is 12.8. The smallest absolute Gasteiger partial charge is 0.193 e. The average molecular weight is 381 g/mol. The molecule has 0 unspecified atom stereocenters. The molecule has 0 saturated heterocycles. The maximum atomic E-state index is 12.5. The predicted molar refractivity (Wildman–Crippen MR) is 111 cm³/mol. The summed E-state index contributed by atoms with van der Waals surface area (Å²) >= 11 is 1.54. The zero-order valence-electron chi connectivity index (χ0n) is 16.0. The fourth-order valence-electron chi connectivity index (χ4n) is 2.84. The third kappa shape index (κ3) is 4.81. The van der Waals surface area contributed by atoms with Crippen LogP contribution in [0.4, 0.5) is 10.8 Å². The van der Waals surface area contributed by atoms with E-state index in [0.717, 1.165) is 16.5 Å². The summed E-state index contributed by atoms with van der Waals surface area (Å²) in [4.78, 5) is 17.1. The van der Waals surface area contributed by atoms with E-state index in [1.807, 2.05) is 87.7 Å². The standard InChI is InChI=1S/C22H24N2O2S/c1-15(2)26-22(3,4)19-14-27-21(24-19)23-18-12-10-17(11-13-18)20(25)16-8-6-5-7-9-16/h5-15H,1-4H3,(H,23,24). The number of ketones is 1. The molecule has 4 nitrogen and oxygen atoms in total. The molecule has 27 heavy (non-hydrogen) atoms. The Morgan fingerprint density at radius 3 is 2.30 bits per heavy atom. The summed E-state index contributed by atoms with van der Waals surface area (Å²) in [5, 5.41) is 6.11. The number of ether oxygens (including phenoxy) is 1. The highest BCUT2D eigenvalue weighted by molar-refractivity contribution is 7.13. The summed E-state index contributed by atoms with van der Waals surface area (Å²) in [6, 6.07) is 16.7. The van der Waals surface area contributed by atoms with Crippen LogP contribution < -0.4 is 5.32 Å². The number of benzene rings is 2. The Bertz CT molecular complexity index is 900. The Morgan fingerprint density at radius 1 is 1.04 bits per heavy atom. The van der Waals surface area contributed by atoms with Crippen LogP contribution in [-0.4, -0.2) is 16.9 Å². The zero-order chi connectivity index (χ0) is 19.4. The van der Waals surface area contributed by atoms with Crippen LogP contribution in [0.25, 0.3) is 0 Å². The van der Waals surface area contributed by atoms with Crippen molar-refractivity contribution in [2.24, 2.45) is 0 Å². The number of carbonyl (C=O) groups is 1. The highest BCUT2D eigenvalue weighted by Crippen LogP contribution is 2.30. The molecule has 0 atom stereocenters.